The average molecular weight is 1300 g/mol. The van der Waals surface area contributed by atoms with Crippen LogP contribution in [0.1, 0.15) is 256 Å². The SMILES string of the molecule is CCCCCCCCCCCCCCCC(=O)N1CCC[C@H]1C(=O)CCC(=O)N[C@@H](Cc1ccc(O)cc1)C(=O)O.CCCCCCCCCCCCCCCC(=O)N1CCC[C@H]1C(=O)CCC(=O)N[C@@H](Cc1ccc(O)cc1)C(=O)[O-].S.S.S.S.[Na+]. The van der Waals surface area contributed by atoms with E-state index < -0.39 is 47.9 Å². The van der Waals surface area contributed by atoms with Crippen molar-refractivity contribution in [3.63, 3.8) is 0 Å². The van der Waals surface area contributed by atoms with Crippen molar-refractivity contribution >= 4 is 101 Å². The number of amides is 4. The number of phenolic OH excluding ortho intramolecular Hbond substituents is 2. The molecule has 2 aliphatic rings. The molecular formula is C66H111N4NaO12S4. The summed E-state index contributed by atoms with van der Waals surface area (Å²) in [5.41, 5.74) is 1.28. The van der Waals surface area contributed by atoms with Gasteiger partial charge in [0.25, 0.3) is 0 Å². The maximum atomic E-state index is 12.9. The summed E-state index contributed by atoms with van der Waals surface area (Å²) in [6.07, 6.45) is 35.9. The number of nitrogens with one attached hydrogen (secondary N) is 2. The first-order valence-electron chi connectivity index (χ1n) is 31.9. The molecule has 2 heterocycles. The van der Waals surface area contributed by atoms with Crippen LogP contribution in [0, 0.1) is 0 Å². The van der Waals surface area contributed by atoms with Gasteiger partial charge in [0.05, 0.1) is 24.1 Å². The number of hydrogen-bond acceptors (Lipinski definition) is 11. The Morgan fingerprint density at radius 3 is 1.03 bits per heavy atom. The van der Waals surface area contributed by atoms with Crippen LogP contribution in [0.25, 0.3) is 0 Å². The van der Waals surface area contributed by atoms with Crippen molar-refractivity contribution in [3.8, 4) is 11.5 Å². The molecule has 0 saturated carbocycles. The second kappa shape index (κ2) is 54.3. The third-order valence-electron chi connectivity index (χ3n) is 16.1. The zero-order valence-electron chi connectivity index (χ0n) is 53.1. The van der Waals surface area contributed by atoms with Gasteiger partial charge in [0.2, 0.25) is 23.6 Å². The van der Waals surface area contributed by atoms with Gasteiger partial charge in [0, 0.05) is 58.0 Å². The molecule has 2 aliphatic heterocycles. The number of rotatable bonds is 44. The molecule has 0 aliphatic carbocycles. The minimum atomic E-state index is -1.42. The number of Topliss-reactive ketones (excluding diaryl/α,β-unsaturated/α-hetero) is 2. The van der Waals surface area contributed by atoms with E-state index in [0.29, 0.717) is 49.9 Å². The standard InChI is InChI=1S/2C33H52N2O6.Na.4H2S/c2*1-2-3-4-5-6-7-8-9-10-11-12-13-14-17-32(39)35-24-15-16-29(35)30(37)22-23-31(38)34-28(33(40)41)25-26-18-20-27(36)21-19-26;;;;;/h2*18-21,28-29,36H,2-17,22-25H2,1H3,(H,34,38)(H,40,41);;4*1H2/q;;+1;;;;/p-1/t2*28-,29-;;;;;/m00...../s1. The molecule has 5 N–H and O–H groups in total. The Morgan fingerprint density at radius 2 is 0.736 bits per heavy atom. The molecule has 2 aromatic rings. The number of aromatic hydroxyl groups is 2. The number of hydrogen-bond donors (Lipinski definition) is 5. The first kappa shape index (κ1) is 87.8. The molecule has 0 aromatic heterocycles. The van der Waals surface area contributed by atoms with Crippen molar-refractivity contribution < 1.29 is 88.3 Å². The second-order valence-corrected chi connectivity index (χ2v) is 23.0. The van der Waals surface area contributed by atoms with Crippen LogP contribution in [0.5, 0.6) is 11.5 Å². The summed E-state index contributed by atoms with van der Waals surface area (Å²) in [6, 6.07) is 8.80. The van der Waals surface area contributed by atoms with Crippen LogP contribution in [0.15, 0.2) is 48.5 Å². The van der Waals surface area contributed by atoms with Gasteiger partial charge in [0.1, 0.15) is 17.5 Å². The van der Waals surface area contributed by atoms with E-state index in [1.807, 2.05) is 0 Å². The fraction of sp³-hybridized carbons (Fsp3) is 0.697. The van der Waals surface area contributed by atoms with E-state index in [4.69, 9.17) is 0 Å². The van der Waals surface area contributed by atoms with Gasteiger partial charge < -0.3 is 45.7 Å². The zero-order chi connectivity index (χ0) is 59.7. The summed E-state index contributed by atoms with van der Waals surface area (Å²) in [7, 11) is 0. The predicted molar refractivity (Wildman–Crippen MR) is 360 cm³/mol. The van der Waals surface area contributed by atoms with Crippen LogP contribution < -0.4 is 45.3 Å². The van der Waals surface area contributed by atoms with E-state index in [1.54, 1.807) is 34.1 Å². The third-order valence-corrected chi connectivity index (χ3v) is 16.1. The van der Waals surface area contributed by atoms with Gasteiger partial charge in [0.15, 0.2) is 11.6 Å². The van der Waals surface area contributed by atoms with Gasteiger partial charge in [-0.15, -0.1) is 0 Å². The molecule has 16 nitrogen and oxygen atoms in total. The predicted octanol–water partition coefficient (Wildman–Crippen LogP) is 8.77. The van der Waals surface area contributed by atoms with Crippen LogP contribution in [0.2, 0.25) is 0 Å². The quantitative estimate of drug-likeness (QED) is 0.0309. The van der Waals surface area contributed by atoms with Crippen LogP contribution >= 0.6 is 54.0 Å². The van der Waals surface area contributed by atoms with E-state index in [9.17, 15) is 58.8 Å². The Kier molecular flexibility index (Phi) is 54.8. The summed E-state index contributed by atoms with van der Waals surface area (Å²) in [5.74, 6) is -3.76. The number of nitrogens with zero attached hydrogens (tertiary/aromatic N) is 2. The van der Waals surface area contributed by atoms with Crippen molar-refractivity contribution in [1.29, 1.82) is 0 Å². The molecule has 492 valence electrons. The van der Waals surface area contributed by atoms with E-state index >= 15 is 0 Å². The minimum Gasteiger partial charge on any atom is -0.548 e. The molecule has 2 fully saturated rings. The largest absolute Gasteiger partial charge is 1.00 e. The summed E-state index contributed by atoms with van der Waals surface area (Å²) in [4.78, 5) is 103. The first-order valence-corrected chi connectivity index (χ1v) is 31.9. The Hall–Kier alpha value is -3.40. The third kappa shape index (κ3) is 39.5. The normalized spacial score (nSPS) is 14.6. The zero-order valence-corrected chi connectivity index (χ0v) is 59.1. The summed E-state index contributed by atoms with van der Waals surface area (Å²) in [5, 5.41) is 44.7. The van der Waals surface area contributed by atoms with Crippen LogP contribution in [-0.2, 0) is 51.2 Å². The minimum absolute atomic E-state index is 0. The average Bonchev–Trinajstić information content (AvgIpc) is 4.42. The molecule has 0 spiro atoms. The van der Waals surface area contributed by atoms with Crippen LogP contribution in [0.3, 0.4) is 0 Å². The molecule has 2 saturated heterocycles. The first-order chi connectivity index (χ1) is 39.6. The maximum Gasteiger partial charge on any atom is 1.00 e. The molecule has 0 radical (unpaired) electrons. The molecule has 87 heavy (non-hydrogen) atoms. The monoisotopic (exact) mass is 1300 g/mol. The molecule has 21 heteroatoms. The van der Waals surface area contributed by atoms with Gasteiger partial charge in [-0.25, -0.2) is 4.79 Å². The van der Waals surface area contributed by atoms with Crippen molar-refractivity contribution in [2.45, 2.75) is 282 Å². The van der Waals surface area contributed by atoms with Crippen molar-refractivity contribution in [1.82, 2.24) is 20.4 Å². The summed E-state index contributed by atoms with van der Waals surface area (Å²) < 4.78 is 0. The van der Waals surface area contributed by atoms with Gasteiger partial charge >= 0.3 is 35.5 Å². The second-order valence-electron chi connectivity index (χ2n) is 23.0. The Bertz CT molecular complexity index is 2050. The van der Waals surface area contributed by atoms with Crippen LogP contribution in [-0.4, -0.2) is 110 Å². The Balaban J connectivity index is -0.00000153. The van der Waals surface area contributed by atoms with Gasteiger partial charge in [-0.1, -0.05) is 192 Å². The van der Waals surface area contributed by atoms with Crippen molar-refractivity contribution in [2.75, 3.05) is 13.1 Å². The van der Waals surface area contributed by atoms with Gasteiger partial charge in [-0.3, -0.25) is 28.8 Å². The molecule has 2 aromatic carbocycles. The van der Waals surface area contributed by atoms with E-state index in [0.717, 1.165) is 51.4 Å². The summed E-state index contributed by atoms with van der Waals surface area (Å²) >= 11 is 0. The fourth-order valence-electron chi connectivity index (χ4n) is 11.1. The number of ketones is 2. The molecule has 4 rings (SSSR count). The smallest absolute Gasteiger partial charge is 0.548 e. The number of likely N-dealkylation sites (tertiary alicyclic amines) is 2. The van der Waals surface area contributed by atoms with E-state index in [2.05, 4.69) is 24.5 Å². The number of unbranched alkanes of at least 4 members (excludes halogenated alkanes) is 24. The molecule has 0 bridgehead atoms. The van der Waals surface area contributed by atoms with Crippen molar-refractivity contribution in [2.24, 2.45) is 0 Å². The number of benzene rings is 2. The number of carboxylic acid groups (broad SMARTS) is 2. The van der Waals surface area contributed by atoms with Crippen LogP contribution in [0.4, 0.5) is 0 Å². The Labute approximate surface area is 571 Å². The molecular weight excluding hydrogens is 1190 g/mol. The van der Waals surface area contributed by atoms with E-state index in [1.165, 1.54) is 153 Å². The number of aliphatic carboxylic acids is 2. The number of carbonyl (C=O) groups excluding carboxylic acids is 7. The number of phenols is 2. The number of carboxylic acids is 2. The molecule has 4 amide bonds. The van der Waals surface area contributed by atoms with Gasteiger partial charge in [-0.05, 0) is 80.3 Å². The Morgan fingerprint density at radius 1 is 0.448 bits per heavy atom. The van der Waals surface area contributed by atoms with E-state index in [-0.39, 0.29) is 157 Å². The topological polar surface area (TPSA) is 251 Å². The van der Waals surface area contributed by atoms with Crippen molar-refractivity contribution in [3.05, 3.63) is 59.7 Å². The maximum absolute atomic E-state index is 12.9. The van der Waals surface area contributed by atoms with Gasteiger partial charge in [-0.2, -0.15) is 54.0 Å². The fourth-order valence-corrected chi connectivity index (χ4v) is 11.1. The number of carbonyl (C=O) groups is 8. The summed E-state index contributed by atoms with van der Waals surface area (Å²) in [6.45, 7) is 5.64. The molecule has 4 atom stereocenters. The molecule has 0 unspecified atom stereocenters.